The molecule has 4 aromatic carbocycles. The van der Waals surface area contributed by atoms with Crippen LogP contribution in [0.25, 0.3) is 10.8 Å². The minimum atomic E-state index is -0.676. The van der Waals surface area contributed by atoms with Crippen molar-refractivity contribution in [3.05, 3.63) is 113 Å². The Hall–Kier alpha value is -3.64. The molecule has 6 heteroatoms. The monoisotopic (exact) mass is 558 g/mol. The number of ether oxygens (including phenoxy) is 1. The van der Waals surface area contributed by atoms with E-state index in [-0.39, 0.29) is 18.4 Å². The van der Waals surface area contributed by atoms with Gasteiger partial charge in [0, 0.05) is 19.5 Å². The number of rotatable bonds is 11. The number of nitrogens with one attached hydrogen (secondary N) is 1. The Morgan fingerprint density at radius 3 is 2.22 bits per heavy atom. The van der Waals surface area contributed by atoms with Crippen molar-refractivity contribution in [3.63, 3.8) is 0 Å². The van der Waals surface area contributed by atoms with E-state index in [4.69, 9.17) is 4.74 Å². The zero-order valence-corrected chi connectivity index (χ0v) is 22.5. The first-order valence-electron chi connectivity index (χ1n) is 12.5. The molecule has 0 fully saturated rings. The fourth-order valence-electron chi connectivity index (χ4n) is 4.25. The fourth-order valence-corrected chi connectivity index (χ4v) is 4.86. The highest BCUT2D eigenvalue weighted by molar-refractivity contribution is 9.10. The maximum Gasteiger partial charge on any atom is 0.261 e. The molecular weight excluding hydrogens is 528 g/mol. The summed E-state index contributed by atoms with van der Waals surface area (Å²) in [6.07, 6.45) is 1.23. The van der Waals surface area contributed by atoms with Gasteiger partial charge in [-0.15, -0.1) is 0 Å². The van der Waals surface area contributed by atoms with E-state index < -0.39 is 6.04 Å². The summed E-state index contributed by atoms with van der Waals surface area (Å²) in [5.74, 6) is 0.167. The van der Waals surface area contributed by atoms with Gasteiger partial charge in [0.25, 0.3) is 5.91 Å². The van der Waals surface area contributed by atoms with Crippen LogP contribution in [0.15, 0.2) is 102 Å². The van der Waals surface area contributed by atoms with Gasteiger partial charge in [-0.05, 0) is 50.3 Å². The number of nitrogens with zero attached hydrogens (tertiary/aromatic N) is 1. The van der Waals surface area contributed by atoms with E-state index in [0.717, 1.165) is 32.8 Å². The van der Waals surface area contributed by atoms with Crippen LogP contribution in [-0.4, -0.2) is 35.9 Å². The van der Waals surface area contributed by atoms with E-state index in [1.165, 1.54) is 0 Å². The second-order valence-corrected chi connectivity index (χ2v) is 9.68. The van der Waals surface area contributed by atoms with Gasteiger partial charge >= 0.3 is 0 Å². The summed E-state index contributed by atoms with van der Waals surface area (Å²) in [7, 11) is 0. The lowest BCUT2D eigenvalue weighted by Crippen LogP contribution is -2.51. The first kappa shape index (κ1) is 26.4. The first-order chi connectivity index (χ1) is 18.1. The third-order valence-electron chi connectivity index (χ3n) is 6.20. The van der Waals surface area contributed by atoms with Crippen molar-refractivity contribution >= 4 is 38.5 Å². The standard InChI is InChI=1S/C31H31BrN2O3/c1-2-19-33-31(36)27(20-23-11-5-3-6-12-23)34(21-24-13-7-4-8-14-24)29(35)22-37-28-18-17-25-15-9-10-16-26(25)30(28)32/h3-18,27H,2,19-22H2,1H3,(H,33,36)/t27-/m1/s1. The topological polar surface area (TPSA) is 58.6 Å². The van der Waals surface area contributed by atoms with E-state index in [1.807, 2.05) is 104 Å². The number of hydrogen-bond acceptors (Lipinski definition) is 3. The fraction of sp³-hybridized carbons (Fsp3) is 0.226. The van der Waals surface area contributed by atoms with Gasteiger partial charge in [0.05, 0.1) is 4.47 Å². The predicted octanol–water partition coefficient (Wildman–Crippen LogP) is 6.15. The number of benzene rings is 4. The van der Waals surface area contributed by atoms with E-state index in [1.54, 1.807) is 4.90 Å². The lowest BCUT2D eigenvalue weighted by atomic mass is 10.0. The Morgan fingerprint density at radius 2 is 1.51 bits per heavy atom. The van der Waals surface area contributed by atoms with E-state index in [9.17, 15) is 9.59 Å². The maximum atomic E-state index is 13.7. The van der Waals surface area contributed by atoms with Crippen molar-refractivity contribution in [2.24, 2.45) is 0 Å². The average Bonchev–Trinajstić information content (AvgIpc) is 2.94. The minimum Gasteiger partial charge on any atom is -0.483 e. The predicted molar refractivity (Wildman–Crippen MR) is 151 cm³/mol. The molecule has 190 valence electrons. The first-order valence-corrected chi connectivity index (χ1v) is 13.3. The molecule has 0 saturated heterocycles. The molecule has 4 rings (SSSR count). The van der Waals surface area contributed by atoms with Crippen molar-refractivity contribution in [3.8, 4) is 5.75 Å². The number of halogens is 1. The minimum absolute atomic E-state index is 0.165. The highest BCUT2D eigenvalue weighted by Crippen LogP contribution is 2.33. The number of carbonyl (C=O) groups excluding carboxylic acids is 2. The quantitative estimate of drug-likeness (QED) is 0.240. The highest BCUT2D eigenvalue weighted by atomic mass is 79.9. The lowest BCUT2D eigenvalue weighted by Gasteiger charge is -2.31. The Labute approximate surface area is 226 Å². The van der Waals surface area contributed by atoms with E-state index in [2.05, 4.69) is 21.2 Å². The van der Waals surface area contributed by atoms with Crippen LogP contribution in [-0.2, 0) is 22.6 Å². The van der Waals surface area contributed by atoms with Crippen molar-refractivity contribution < 1.29 is 14.3 Å². The molecule has 0 aliphatic carbocycles. The molecule has 0 radical (unpaired) electrons. The molecule has 1 atom stereocenters. The van der Waals surface area contributed by atoms with Crippen LogP contribution >= 0.6 is 15.9 Å². The normalized spacial score (nSPS) is 11.6. The van der Waals surface area contributed by atoms with Gasteiger partial charge in [0.1, 0.15) is 11.8 Å². The van der Waals surface area contributed by atoms with Gasteiger partial charge in [-0.3, -0.25) is 9.59 Å². The Balaban J connectivity index is 1.61. The molecule has 0 aliphatic heterocycles. The van der Waals surface area contributed by atoms with Gasteiger partial charge in [-0.25, -0.2) is 0 Å². The molecule has 0 bridgehead atoms. The van der Waals surface area contributed by atoms with Gasteiger partial charge in [-0.1, -0.05) is 97.9 Å². The molecule has 37 heavy (non-hydrogen) atoms. The summed E-state index contributed by atoms with van der Waals surface area (Å²) < 4.78 is 6.82. The number of fused-ring (bicyclic) bond motifs is 1. The van der Waals surface area contributed by atoms with Gasteiger partial charge in [0.15, 0.2) is 6.61 Å². The number of carbonyl (C=O) groups is 2. The molecule has 0 aromatic heterocycles. The zero-order valence-electron chi connectivity index (χ0n) is 20.9. The summed E-state index contributed by atoms with van der Waals surface area (Å²) in [5.41, 5.74) is 1.94. The highest BCUT2D eigenvalue weighted by Gasteiger charge is 2.30. The van der Waals surface area contributed by atoms with Gasteiger partial charge in [-0.2, -0.15) is 0 Å². The van der Waals surface area contributed by atoms with Crippen LogP contribution in [0.4, 0.5) is 0 Å². The Morgan fingerprint density at radius 1 is 0.865 bits per heavy atom. The molecule has 5 nitrogen and oxygen atoms in total. The van der Waals surface area contributed by atoms with Crippen molar-refractivity contribution in [2.75, 3.05) is 13.2 Å². The van der Waals surface area contributed by atoms with Crippen molar-refractivity contribution in [1.82, 2.24) is 10.2 Å². The number of amides is 2. The average molecular weight is 560 g/mol. The molecule has 0 heterocycles. The second-order valence-electron chi connectivity index (χ2n) is 8.89. The largest absolute Gasteiger partial charge is 0.483 e. The third kappa shape index (κ3) is 6.98. The molecule has 2 amide bonds. The summed E-state index contributed by atoms with van der Waals surface area (Å²) in [5, 5.41) is 5.08. The SMILES string of the molecule is CCCNC(=O)[C@@H](Cc1ccccc1)N(Cc1ccccc1)C(=O)COc1ccc2ccccc2c1Br. The maximum absolute atomic E-state index is 13.7. The van der Waals surface area contributed by atoms with Crippen molar-refractivity contribution in [2.45, 2.75) is 32.4 Å². The molecule has 4 aromatic rings. The van der Waals surface area contributed by atoms with Gasteiger partial charge in [0.2, 0.25) is 5.91 Å². The molecule has 0 unspecified atom stereocenters. The van der Waals surface area contributed by atoms with Crippen LogP contribution in [0, 0.1) is 0 Å². The van der Waals surface area contributed by atoms with E-state index >= 15 is 0 Å². The van der Waals surface area contributed by atoms with Crippen molar-refractivity contribution in [1.29, 1.82) is 0 Å². The molecule has 0 aliphatic rings. The van der Waals surface area contributed by atoms with Crippen LogP contribution in [0.1, 0.15) is 24.5 Å². The van der Waals surface area contributed by atoms with Crippen LogP contribution in [0.3, 0.4) is 0 Å². The van der Waals surface area contributed by atoms with Crippen LogP contribution in [0.5, 0.6) is 5.75 Å². The summed E-state index contributed by atoms with van der Waals surface area (Å²) in [6.45, 7) is 2.68. The Bertz CT molecular complexity index is 1330. The third-order valence-corrected chi connectivity index (χ3v) is 7.01. The number of hydrogen-bond donors (Lipinski definition) is 1. The summed E-state index contributed by atoms with van der Waals surface area (Å²) >= 11 is 3.63. The lowest BCUT2D eigenvalue weighted by molar-refractivity contribution is -0.142. The van der Waals surface area contributed by atoms with Crippen LogP contribution in [0.2, 0.25) is 0 Å². The van der Waals surface area contributed by atoms with Crippen LogP contribution < -0.4 is 10.1 Å². The molecule has 0 spiro atoms. The second kappa shape index (κ2) is 13.1. The Kier molecular flexibility index (Phi) is 9.33. The zero-order chi connectivity index (χ0) is 26.0. The molecule has 1 N–H and O–H groups in total. The smallest absolute Gasteiger partial charge is 0.261 e. The molecular formula is C31H31BrN2O3. The van der Waals surface area contributed by atoms with E-state index in [0.29, 0.717) is 25.3 Å². The summed E-state index contributed by atoms with van der Waals surface area (Å²) in [4.78, 5) is 28.7. The molecule has 0 saturated carbocycles. The van der Waals surface area contributed by atoms with Gasteiger partial charge < -0.3 is 15.0 Å². The summed E-state index contributed by atoms with van der Waals surface area (Å²) in [6, 6.07) is 30.7.